The van der Waals surface area contributed by atoms with Crippen molar-refractivity contribution >= 4 is 44.6 Å². The molecule has 3 aromatic rings. The maximum atomic E-state index is 12.8. The topological polar surface area (TPSA) is 123 Å². The monoisotopic (exact) mass is 561 g/mol. The van der Waals surface area contributed by atoms with Crippen molar-refractivity contribution in [1.29, 1.82) is 0 Å². The Bertz CT molecular complexity index is 1390. The molecular weight excluding hydrogens is 526 g/mol. The Morgan fingerprint density at radius 1 is 1.21 bits per heavy atom. The number of hydrogen-bond donors (Lipinski definition) is 3. The van der Waals surface area contributed by atoms with E-state index in [0.717, 1.165) is 43.8 Å². The van der Waals surface area contributed by atoms with Crippen molar-refractivity contribution in [2.24, 2.45) is 7.05 Å². The summed E-state index contributed by atoms with van der Waals surface area (Å²) in [7, 11) is -1.97. The summed E-state index contributed by atoms with van der Waals surface area (Å²) in [5.74, 6) is 1.80. The minimum Gasteiger partial charge on any atom is -0.491 e. The minimum atomic E-state index is -3.63. The van der Waals surface area contributed by atoms with Crippen LogP contribution in [0.1, 0.15) is 57.1 Å². The largest absolute Gasteiger partial charge is 0.491 e. The molecule has 0 saturated carbocycles. The third kappa shape index (κ3) is 6.22. The van der Waals surface area contributed by atoms with Crippen LogP contribution in [0.15, 0.2) is 29.6 Å². The first kappa shape index (κ1) is 28.1. The van der Waals surface area contributed by atoms with Gasteiger partial charge >= 0.3 is 0 Å². The average Bonchev–Trinajstić information content (AvgIpc) is 3.26. The Balaban J connectivity index is 1.65. The molecule has 0 unspecified atom stereocenters. The summed E-state index contributed by atoms with van der Waals surface area (Å²) >= 11 is 6.40. The van der Waals surface area contributed by atoms with E-state index >= 15 is 0 Å². The van der Waals surface area contributed by atoms with Crippen LogP contribution >= 0.6 is 11.6 Å². The zero-order valence-corrected chi connectivity index (χ0v) is 24.1. The second-order valence-corrected chi connectivity index (χ2v) is 12.7. The van der Waals surface area contributed by atoms with E-state index in [1.165, 1.54) is 22.0 Å². The first-order valence-corrected chi connectivity index (χ1v) is 14.8. The molecule has 10 nitrogen and oxygen atoms in total. The molecule has 0 spiro atoms. The maximum absolute atomic E-state index is 12.8. The van der Waals surface area contributed by atoms with Gasteiger partial charge in [-0.2, -0.15) is 10.1 Å². The normalized spacial score (nSPS) is 14.6. The average molecular weight is 562 g/mol. The van der Waals surface area contributed by atoms with E-state index in [1.54, 1.807) is 27.1 Å². The molecule has 0 amide bonds. The zero-order chi connectivity index (χ0) is 27.4. The lowest BCUT2D eigenvalue weighted by atomic mass is 9.87. The highest BCUT2D eigenvalue weighted by Crippen LogP contribution is 2.37. The number of sulfone groups is 1. The minimum absolute atomic E-state index is 0.0569. The Morgan fingerprint density at radius 2 is 1.95 bits per heavy atom. The van der Waals surface area contributed by atoms with Crippen LogP contribution in [-0.4, -0.2) is 53.1 Å². The van der Waals surface area contributed by atoms with Gasteiger partial charge in [-0.25, -0.2) is 13.4 Å². The quantitative estimate of drug-likeness (QED) is 0.310. The van der Waals surface area contributed by atoms with Crippen molar-refractivity contribution in [2.45, 2.75) is 63.2 Å². The number of rotatable bonds is 10. The lowest BCUT2D eigenvalue weighted by Crippen LogP contribution is -2.27. The second kappa shape index (κ2) is 11.9. The van der Waals surface area contributed by atoms with Gasteiger partial charge in [-0.05, 0) is 82.3 Å². The molecule has 1 aromatic carbocycles. The van der Waals surface area contributed by atoms with Crippen molar-refractivity contribution in [3.05, 3.63) is 40.7 Å². The lowest BCUT2D eigenvalue weighted by Gasteiger charge is -2.26. The number of aryl methyl sites for hydroxylation is 2. The predicted octanol–water partition coefficient (Wildman–Crippen LogP) is 5.10. The van der Waals surface area contributed by atoms with Gasteiger partial charge in [0.2, 0.25) is 20.8 Å². The molecule has 3 heterocycles. The van der Waals surface area contributed by atoms with Crippen molar-refractivity contribution in [3.8, 4) is 5.75 Å². The Hall–Kier alpha value is -2.89. The summed E-state index contributed by atoms with van der Waals surface area (Å²) < 4.78 is 33.2. The number of benzene rings is 1. The van der Waals surface area contributed by atoms with E-state index in [1.807, 2.05) is 0 Å². The number of nitrogens with zero attached hydrogens (tertiary/aromatic N) is 4. The number of piperidine rings is 1. The SMILES string of the molecule is CCCOc1cc(C2CCNCC2)c(C)cc1Nc1ncc(Cl)c(Nc2cn(C)nc2S(=O)(=O)C(C)C)n1. The van der Waals surface area contributed by atoms with Crippen molar-refractivity contribution in [2.75, 3.05) is 30.3 Å². The summed E-state index contributed by atoms with van der Waals surface area (Å²) in [6.07, 6.45) is 6.13. The van der Waals surface area contributed by atoms with Gasteiger partial charge in [-0.1, -0.05) is 18.5 Å². The molecule has 0 atom stereocenters. The molecule has 0 aliphatic carbocycles. The van der Waals surface area contributed by atoms with Crippen LogP contribution in [0.5, 0.6) is 5.75 Å². The van der Waals surface area contributed by atoms with Gasteiger partial charge in [0.15, 0.2) is 5.82 Å². The van der Waals surface area contributed by atoms with Crippen LogP contribution in [0, 0.1) is 6.92 Å². The van der Waals surface area contributed by atoms with Gasteiger partial charge in [-0.15, -0.1) is 0 Å². The summed E-state index contributed by atoms with van der Waals surface area (Å²) in [6.45, 7) is 10.0. The van der Waals surface area contributed by atoms with Crippen LogP contribution in [0.2, 0.25) is 5.02 Å². The molecule has 3 N–H and O–H groups in total. The standard InChI is InChI=1S/C26H36ClN7O3S/c1-6-11-37-23-13-19(18-7-9-28-10-8-18)17(4)12-21(23)31-26-29-14-20(27)24(32-26)30-22-15-34(5)33-25(22)38(35,36)16(2)3/h12-16,18,28H,6-11H2,1-5H3,(H2,29,30,31,32). The number of aromatic nitrogens is 4. The van der Waals surface area contributed by atoms with Crippen molar-refractivity contribution in [3.63, 3.8) is 0 Å². The summed E-state index contributed by atoms with van der Waals surface area (Å²) in [5, 5.41) is 13.5. The van der Waals surface area contributed by atoms with E-state index in [9.17, 15) is 8.42 Å². The third-order valence-electron chi connectivity index (χ3n) is 6.54. The third-order valence-corrected chi connectivity index (χ3v) is 8.90. The van der Waals surface area contributed by atoms with Gasteiger partial charge < -0.3 is 20.7 Å². The van der Waals surface area contributed by atoms with Crippen molar-refractivity contribution < 1.29 is 13.2 Å². The van der Waals surface area contributed by atoms with Crippen LogP contribution < -0.4 is 20.7 Å². The molecule has 38 heavy (non-hydrogen) atoms. The Morgan fingerprint density at radius 3 is 2.63 bits per heavy atom. The van der Waals surface area contributed by atoms with Gasteiger partial charge in [-0.3, -0.25) is 4.68 Å². The summed E-state index contributed by atoms with van der Waals surface area (Å²) in [5.41, 5.74) is 3.53. The van der Waals surface area contributed by atoms with E-state index in [4.69, 9.17) is 16.3 Å². The highest BCUT2D eigenvalue weighted by atomic mass is 35.5. The fraction of sp³-hybridized carbons (Fsp3) is 0.500. The van der Waals surface area contributed by atoms with E-state index in [0.29, 0.717) is 24.2 Å². The molecule has 206 valence electrons. The van der Waals surface area contributed by atoms with Gasteiger partial charge in [0.05, 0.1) is 29.4 Å². The fourth-order valence-electron chi connectivity index (χ4n) is 4.46. The lowest BCUT2D eigenvalue weighted by molar-refractivity contribution is 0.318. The highest BCUT2D eigenvalue weighted by Gasteiger charge is 2.27. The fourth-order valence-corrected chi connectivity index (χ4v) is 5.69. The van der Waals surface area contributed by atoms with Crippen LogP contribution in [0.25, 0.3) is 0 Å². The first-order valence-electron chi connectivity index (χ1n) is 12.9. The smallest absolute Gasteiger partial charge is 0.229 e. The van der Waals surface area contributed by atoms with Crippen LogP contribution in [0.3, 0.4) is 0 Å². The Kier molecular flexibility index (Phi) is 8.79. The molecule has 1 fully saturated rings. The molecule has 1 aliphatic rings. The van der Waals surface area contributed by atoms with Crippen LogP contribution in [0.4, 0.5) is 23.1 Å². The molecule has 1 saturated heterocycles. The Labute approximate surface area is 229 Å². The number of hydrogen-bond acceptors (Lipinski definition) is 9. The molecular formula is C26H36ClN7O3S. The number of halogens is 1. The molecule has 1 aliphatic heterocycles. The molecule has 0 bridgehead atoms. The summed E-state index contributed by atoms with van der Waals surface area (Å²) in [6, 6.07) is 4.21. The first-order chi connectivity index (χ1) is 18.1. The predicted molar refractivity (Wildman–Crippen MR) is 151 cm³/mol. The maximum Gasteiger partial charge on any atom is 0.229 e. The van der Waals surface area contributed by atoms with E-state index < -0.39 is 15.1 Å². The summed E-state index contributed by atoms with van der Waals surface area (Å²) in [4.78, 5) is 8.89. The number of nitrogens with one attached hydrogen (secondary N) is 3. The van der Waals surface area contributed by atoms with Crippen molar-refractivity contribution in [1.82, 2.24) is 25.1 Å². The van der Waals surface area contributed by atoms with Gasteiger partial charge in [0.25, 0.3) is 0 Å². The second-order valence-electron chi connectivity index (χ2n) is 9.83. The molecule has 2 aromatic heterocycles. The highest BCUT2D eigenvalue weighted by molar-refractivity contribution is 7.92. The van der Waals surface area contributed by atoms with Gasteiger partial charge in [0, 0.05) is 13.2 Å². The number of anilines is 4. The molecule has 4 rings (SSSR count). The molecule has 0 radical (unpaired) electrons. The zero-order valence-electron chi connectivity index (χ0n) is 22.5. The van der Waals surface area contributed by atoms with E-state index in [-0.39, 0.29) is 15.9 Å². The van der Waals surface area contributed by atoms with Crippen LogP contribution in [-0.2, 0) is 16.9 Å². The van der Waals surface area contributed by atoms with Gasteiger partial charge in [0.1, 0.15) is 10.8 Å². The number of ether oxygens (including phenoxy) is 1. The molecule has 12 heteroatoms. The van der Waals surface area contributed by atoms with E-state index in [2.05, 4.69) is 57.0 Å².